The fourth-order valence-electron chi connectivity index (χ4n) is 1.94. The van der Waals surface area contributed by atoms with Crippen molar-refractivity contribution in [2.24, 2.45) is 0 Å². The highest BCUT2D eigenvalue weighted by Gasteiger charge is 2.04. The zero-order chi connectivity index (χ0) is 15.4. The summed E-state index contributed by atoms with van der Waals surface area (Å²) in [5.41, 5.74) is 3.69. The van der Waals surface area contributed by atoms with E-state index in [-0.39, 0.29) is 0 Å². The summed E-state index contributed by atoms with van der Waals surface area (Å²) in [7, 11) is 0. The summed E-state index contributed by atoms with van der Waals surface area (Å²) in [4.78, 5) is 12.6. The van der Waals surface area contributed by atoms with Gasteiger partial charge in [0.1, 0.15) is 11.4 Å². The Hall–Kier alpha value is -2.73. The molecule has 0 saturated carbocycles. The van der Waals surface area contributed by atoms with Gasteiger partial charge in [0.15, 0.2) is 6.39 Å². The molecule has 0 spiro atoms. The topological polar surface area (TPSA) is 87.7 Å². The van der Waals surface area contributed by atoms with Crippen molar-refractivity contribution in [2.45, 2.75) is 6.54 Å². The number of fused-ring (bicyclic) bond motifs is 1. The van der Waals surface area contributed by atoms with Crippen LogP contribution in [0.3, 0.4) is 0 Å². The molecular formula is C15H12ClN5O. The first kappa shape index (κ1) is 14.2. The minimum atomic E-state index is 0.413. The summed E-state index contributed by atoms with van der Waals surface area (Å²) >= 11 is 5.90. The molecule has 3 aromatic heterocycles. The Labute approximate surface area is 131 Å². The Balaban J connectivity index is 1.84. The van der Waals surface area contributed by atoms with Crippen molar-refractivity contribution >= 4 is 34.4 Å². The second-order valence-electron chi connectivity index (χ2n) is 4.50. The number of halogens is 1. The number of rotatable bonds is 5. The van der Waals surface area contributed by atoms with Crippen molar-refractivity contribution in [2.75, 3.05) is 0 Å². The molecule has 3 aromatic rings. The largest absolute Gasteiger partial charge is 0.451 e. The second-order valence-corrected chi connectivity index (χ2v) is 4.89. The van der Waals surface area contributed by atoms with Gasteiger partial charge in [0, 0.05) is 29.7 Å². The third kappa shape index (κ3) is 3.12. The molecule has 0 radical (unpaired) electrons. The van der Waals surface area contributed by atoms with Gasteiger partial charge < -0.3 is 15.1 Å². The van der Waals surface area contributed by atoms with E-state index in [0.29, 0.717) is 22.8 Å². The molecule has 0 aliphatic heterocycles. The number of nitrogens with zero attached hydrogens (tertiary/aromatic N) is 3. The molecule has 7 heteroatoms. The van der Waals surface area contributed by atoms with Crippen LogP contribution in [-0.4, -0.2) is 21.2 Å². The Morgan fingerprint density at radius 1 is 1.32 bits per heavy atom. The summed E-state index contributed by atoms with van der Waals surface area (Å²) in [5, 5.41) is 11.1. The van der Waals surface area contributed by atoms with E-state index < -0.39 is 0 Å². The first-order chi connectivity index (χ1) is 10.8. The van der Waals surface area contributed by atoms with Gasteiger partial charge in [0.2, 0.25) is 0 Å². The van der Waals surface area contributed by atoms with Gasteiger partial charge in [-0.15, -0.1) is 0 Å². The lowest BCUT2D eigenvalue weighted by Crippen LogP contribution is -2.06. The van der Waals surface area contributed by atoms with Crippen molar-refractivity contribution in [3.8, 4) is 0 Å². The van der Waals surface area contributed by atoms with Crippen molar-refractivity contribution < 1.29 is 4.42 Å². The highest BCUT2D eigenvalue weighted by Crippen LogP contribution is 2.18. The number of nitrogens with one attached hydrogen (secondary N) is 2. The van der Waals surface area contributed by atoms with Gasteiger partial charge in [-0.3, -0.25) is 4.98 Å². The Morgan fingerprint density at radius 3 is 3.00 bits per heavy atom. The number of hydrogen-bond donors (Lipinski definition) is 2. The summed E-state index contributed by atoms with van der Waals surface area (Å²) in [5.74, 6) is 0. The van der Waals surface area contributed by atoms with Gasteiger partial charge >= 0.3 is 0 Å². The predicted octanol–water partition coefficient (Wildman–Crippen LogP) is 3.05. The molecule has 3 rings (SSSR count). The number of oxazole rings is 1. The van der Waals surface area contributed by atoms with Gasteiger partial charge in [-0.05, 0) is 18.2 Å². The predicted molar refractivity (Wildman–Crippen MR) is 84.7 cm³/mol. The summed E-state index contributed by atoms with van der Waals surface area (Å²) < 4.78 is 4.89. The van der Waals surface area contributed by atoms with E-state index in [0.717, 1.165) is 16.8 Å². The molecular weight excluding hydrogens is 302 g/mol. The molecule has 0 amide bonds. The minimum Gasteiger partial charge on any atom is -0.451 e. The fourth-order valence-corrected chi connectivity index (χ4v) is 2.09. The SMILES string of the molecule is N=C/C(=C\NCc1cocn1)c1cnc2ccc(Cl)nc2c1. The van der Waals surface area contributed by atoms with Crippen LogP contribution in [0.25, 0.3) is 16.6 Å². The molecule has 0 aliphatic carbocycles. The average Bonchev–Trinajstić information content (AvgIpc) is 3.04. The third-order valence-electron chi connectivity index (χ3n) is 3.02. The van der Waals surface area contributed by atoms with Crippen LogP contribution in [0.1, 0.15) is 11.3 Å². The molecule has 22 heavy (non-hydrogen) atoms. The quantitative estimate of drug-likeness (QED) is 0.558. The lowest BCUT2D eigenvalue weighted by molar-refractivity contribution is 0.556. The van der Waals surface area contributed by atoms with Gasteiger partial charge in [-0.1, -0.05) is 11.6 Å². The van der Waals surface area contributed by atoms with E-state index in [1.54, 1.807) is 24.7 Å². The van der Waals surface area contributed by atoms with Crippen molar-refractivity contribution in [1.29, 1.82) is 5.41 Å². The number of hydrogen-bond acceptors (Lipinski definition) is 6. The average molecular weight is 314 g/mol. The number of aromatic nitrogens is 3. The first-order valence-corrected chi connectivity index (χ1v) is 6.88. The molecule has 0 atom stereocenters. The molecule has 3 heterocycles. The highest BCUT2D eigenvalue weighted by atomic mass is 35.5. The first-order valence-electron chi connectivity index (χ1n) is 6.50. The molecule has 0 unspecified atom stereocenters. The van der Waals surface area contributed by atoms with Gasteiger partial charge in [-0.25, -0.2) is 9.97 Å². The van der Waals surface area contributed by atoms with Crippen LogP contribution in [-0.2, 0) is 6.54 Å². The zero-order valence-electron chi connectivity index (χ0n) is 11.5. The molecule has 0 fully saturated rings. The summed E-state index contributed by atoms with van der Waals surface area (Å²) in [6, 6.07) is 5.36. The summed E-state index contributed by atoms with van der Waals surface area (Å²) in [6.07, 6.45) is 7.63. The van der Waals surface area contributed by atoms with E-state index in [2.05, 4.69) is 20.3 Å². The molecule has 0 aliphatic rings. The Kier molecular flexibility index (Phi) is 4.11. The van der Waals surface area contributed by atoms with E-state index in [9.17, 15) is 0 Å². The molecule has 0 saturated heterocycles. The lowest BCUT2D eigenvalue weighted by atomic mass is 10.1. The normalized spacial score (nSPS) is 11.6. The maximum absolute atomic E-state index is 7.56. The summed E-state index contributed by atoms with van der Waals surface area (Å²) in [6.45, 7) is 0.513. The van der Waals surface area contributed by atoms with Gasteiger partial charge in [-0.2, -0.15) is 0 Å². The zero-order valence-corrected chi connectivity index (χ0v) is 12.2. The Bertz CT molecular complexity index is 829. The van der Waals surface area contributed by atoms with Crippen molar-refractivity contribution in [3.05, 3.63) is 59.7 Å². The number of allylic oxidation sites excluding steroid dienone is 1. The van der Waals surface area contributed by atoms with Crippen LogP contribution in [0.5, 0.6) is 0 Å². The van der Waals surface area contributed by atoms with Crippen LogP contribution >= 0.6 is 11.6 Å². The van der Waals surface area contributed by atoms with Crippen LogP contribution in [0, 0.1) is 5.41 Å². The minimum absolute atomic E-state index is 0.413. The maximum Gasteiger partial charge on any atom is 0.180 e. The monoisotopic (exact) mass is 313 g/mol. The van der Waals surface area contributed by atoms with E-state index in [1.165, 1.54) is 12.6 Å². The van der Waals surface area contributed by atoms with Crippen LogP contribution in [0.4, 0.5) is 0 Å². The Morgan fingerprint density at radius 2 is 2.23 bits per heavy atom. The van der Waals surface area contributed by atoms with Crippen LogP contribution in [0.2, 0.25) is 5.15 Å². The van der Waals surface area contributed by atoms with Crippen LogP contribution < -0.4 is 5.32 Å². The van der Waals surface area contributed by atoms with E-state index >= 15 is 0 Å². The molecule has 0 bridgehead atoms. The molecule has 110 valence electrons. The van der Waals surface area contributed by atoms with Crippen LogP contribution in [0.15, 0.2) is 47.7 Å². The lowest BCUT2D eigenvalue weighted by Gasteiger charge is -2.05. The molecule has 2 N–H and O–H groups in total. The van der Waals surface area contributed by atoms with Gasteiger partial charge in [0.25, 0.3) is 0 Å². The van der Waals surface area contributed by atoms with Gasteiger partial charge in [0.05, 0.1) is 23.3 Å². The maximum atomic E-state index is 7.56. The molecule has 6 nitrogen and oxygen atoms in total. The molecule has 0 aromatic carbocycles. The highest BCUT2D eigenvalue weighted by molar-refractivity contribution is 6.29. The van der Waals surface area contributed by atoms with E-state index in [4.69, 9.17) is 21.4 Å². The fraction of sp³-hybridized carbons (Fsp3) is 0.0667. The standard InChI is InChI=1S/C15H12ClN5O/c16-15-2-1-13-14(21-15)3-10(6-19-13)11(4-17)5-18-7-12-8-22-9-20-12/h1-6,8-9,17-18H,7H2/b11-5+,17-4?. The second kappa shape index (κ2) is 6.36. The number of pyridine rings is 2. The van der Waals surface area contributed by atoms with Crippen molar-refractivity contribution in [3.63, 3.8) is 0 Å². The van der Waals surface area contributed by atoms with E-state index in [1.807, 2.05) is 12.1 Å². The third-order valence-corrected chi connectivity index (χ3v) is 3.23. The smallest absolute Gasteiger partial charge is 0.180 e. The van der Waals surface area contributed by atoms with Crippen molar-refractivity contribution in [1.82, 2.24) is 20.3 Å².